The Labute approximate surface area is 145 Å². The molecule has 1 aromatic rings. The van der Waals surface area contributed by atoms with Gasteiger partial charge in [0.25, 0.3) is 5.69 Å². The number of hydrogen-bond acceptors (Lipinski definition) is 7. The summed E-state index contributed by atoms with van der Waals surface area (Å²) in [6, 6.07) is 3.80. The van der Waals surface area contributed by atoms with Crippen LogP contribution in [0.4, 0.5) is 5.69 Å². The zero-order valence-electron chi connectivity index (χ0n) is 14.6. The summed E-state index contributed by atoms with van der Waals surface area (Å²) in [6.45, 7) is 4.87. The molecule has 0 bridgehead atoms. The van der Waals surface area contributed by atoms with Gasteiger partial charge in [-0.15, -0.1) is 0 Å². The highest BCUT2D eigenvalue weighted by molar-refractivity contribution is 6.05. The molecule has 0 radical (unpaired) electrons. The monoisotopic (exact) mass is 351 g/mol. The van der Waals surface area contributed by atoms with Crippen LogP contribution in [0.1, 0.15) is 45.1 Å². The first-order valence-electron chi connectivity index (χ1n) is 7.62. The lowest BCUT2D eigenvalue weighted by atomic mass is 9.90. The molecule has 0 aromatic heterocycles. The molecule has 0 amide bonds. The van der Waals surface area contributed by atoms with Crippen molar-refractivity contribution in [3.05, 3.63) is 33.9 Å². The topological polar surface area (TPSA) is 113 Å². The summed E-state index contributed by atoms with van der Waals surface area (Å²) in [5.74, 6) is -2.77. The molecule has 1 rings (SSSR count). The molecule has 0 aliphatic rings. The number of carbonyl (C=O) groups excluding carboxylic acids is 3. The third-order valence-electron chi connectivity index (χ3n) is 3.22. The van der Waals surface area contributed by atoms with Gasteiger partial charge in [-0.1, -0.05) is 0 Å². The minimum Gasteiger partial charge on any atom is -0.497 e. The summed E-state index contributed by atoms with van der Waals surface area (Å²) in [4.78, 5) is 46.2. The molecule has 1 unspecified atom stereocenters. The van der Waals surface area contributed by atoms with Crippen LogP contribution >= 0.6 is 0 Å². The molecule has 0 fully saturated rings. The van der Waals surface area contributed by atoms with Crippen molar-refractivity contribution in [1.82, 2.24) is 0 Å². The van der Waals surface area contributed by atoms with E-state index in [9.17, 15) is 24.5 Å². The first-order chi connectivity index (χ1) is 11.6. The van der Waals surface area contributed by atoms with Gasteiger partial charge >= 0.3 is 5.97 Å². The van der Waals surface area contributed by atoms with Gasteiger partial charge in [-0.3, -0.25) is 19.7 Å². The molecule has 0 saturated carbocycles. The maximum absolute atomic E-state index is 12.5. The van der Waals surface area contributed by atoms with E-state index in [0.29, 0.717) is 6.29 Å². The van der Waals surface area contributed by atoms with Gasteiger partial charge in [0.15, 0.2) is 5.78 Å². The van der Waals surface area contributed by atoms with Crippen LogP contribution in [0.3, 0.4) is 0 Å². The molecule has 0 aliphatic heterocycles. The molecule has 1 atom stereocenters. The molecule has 8 heteroatoms. The van der Waals surface area contributed by atoms with Gasteiger partial charge in [0.2, 0.25) is 0 Å². The minimum absolute atomic E-state index is 0.0874. The van der Waals surface area contributed by atoms with Crippen LogP contribution in [-0.4, -0.2) is 35.7 Å². The molecule has 0 saturated heterocycles. The van der Waals surface area contributed by atoms with E-state index >= 15 is 0 Å². The molecule has 25 heavy (non-hydrogen) atoms. The Balaban J connectivity index is 3.44. The number of aldehydes is 1. The number of ketones is 1. The number of nitro groups is 1. The van der Waals surface area contributed by atoms with Gasteiger partial charge < -0.3 is 14.3 Å². The van der Waals surface area contributed by atoms with Crippen molar-refractivity contribution in [3.63, 3.8) is 0 Å². The van der Waals surface area contributed by atoms with Crippen molar-refractivity contribution in [3.8, 4) is 5.75 Å². The third kappa shape index (κ3) is 5.66. The van der Waals surface area contributed by atoms with Crippen LogP contribution in [0.2, 0.25) is 0 Å². The predicted octanol–water partition coefficient (Wildman–Crippen LogP) is 2.58. The number of ether oxygens (including phenoxy) is 2. The molecular formula is C17H21NO7. The number of benzene rings is 1. The predicted molar refractivity (Wildman–Crippen MR) is 88.5 cm³/mol. The van der Waals surface area contributed by atoms with Gasteiger partial charge in [-0.05, 0) is 32.9 Å². The highest BCUT2D eigenvalue weighted by Crippen LogP contribution is 2.33. The second-order valence-corrected chi connectivity index (χ2v) is 6.32. The first kappa shape index (κ1) is 20.3. The van der Waals surface area contributed by atoms with E-state index in [2.05, 4.69) is 0 Å². The van der Waals surface area contributed by atoms with Gasteiger partial charge in [0, 0.05) is 18.9 Å². The van der Waals surface area contributed by atoms with Crippen LogP contribution in [-0.2, 0) is 19.1 Å². The molecule has 0 N–H and O–H groups in total. The largest absolute Gasteiger partial charge is 0.497 e. The summed E-state index contributed by atoms with van der Waals surface area (Å²) in [5, 5.41) is 11.3. The second kappa shape index (κ2) is 8.36. The molecule has 1 aromatic carbocycles. The fourth-order valence-corrected chi connectivity index (χ4v) is 2.20. The zero-order valence-corrected chi connectivity index (χ0v) is 14.6. The van der Waals surface area contributed by atoms with E-state index < -0.39 is 33.9 Å². The number of nitro benzene ring substituents is 1. The normalized spacial score (nSPS) is 12.2. The average Bonchev–Trinajstić information content (AvgIpc) is 2.50. The lowest BCUT2D eigenvalue weighted by molar-refractivity contribution is -0.385. The zero-order chi connectivity index (χ0) is 19.2. The lowest BCUT2D eigenvalue weighted by Crippen LogP contribution is -2.32. The van der Waals surface area contributed by atoms with E-state index in [0.717, 1.165) is 0 Å². The van der Waals surface area contributed by atoms with Gasteiger partial charge in [0.1, 0.15) is 23.6 Å². The number of nitrogens with zero attached hydrogens (tertiary/aromatic N) is 1. The van der Waals surface area contributed by atoms with Crippen LogP contribution < -0.4 is 4.74 Å². The lowest BCUT2D eigenvalue weighted by Gasteiger charge is -2.23. The molecule has 0 aliphatic carbocycles. The summed E-state index contributed by atoms with van der Waals surface area (Å²) < 4.78 is 10.3. The standard InChI is InChI=1S/C17H21NO7/c1-17(2,3)25-16(21)15(14(20)6-5-9-19)12-10-11(24-4)7-8-13(12)18(22)23/h7-10,15H,5-6H2,1-4H3. The highest BCUT2D eigenvalue weighted by atomic mass is 16.6. The SMILES string of the molecule is COc1ccc([N+](=O)[O-])c(C(C(=O)CCC=O)C(=O)OC(C)(C)C)c1. The number of esters is 1. The number of methoxy groups -OCH3 is 1. The Bertz CT molecular complexity index is 676. The van der Waals surface area contributed by atoms with Crippen LogP contribution in [0.15, 0.2) is 18.2 Å². The summed E-state index contributed by atoms with van der Waals surface area (Å²) >= 11 is 0. The molecule has 0 spiro atoms. The molecule has 0 heterocycles. The maximum atomic E-state index is 12.5. The molecule has 136 valence electrons. The fraction of sp³-hybridized carbons (Fsp3) is 0.471. The van der Waals surface area contributed by atoms with Crippen LogP contribution in [0.5, 0.6) is 5.75 Å². The quantitative estimate of drug-likeness (QED) is 0.232. The Morgan fingerprint density at radius 3 is 2.44 bits per heavy atom. The summed E-state index contributed by atoms with van der Waals surface area (Å²) in [6.07, 6.45) is 0.238. The Kier molecular flexibility index (Phi) is 6.78. The number of rotatable bonds is 8. The smallest absolute Gasteiger partial charge is 0.321 e. The Morgan fingerprint density at radius 2 is 1.96 bits per heavy atom. The Morgan fingerprint density at radius 1 is 1.32 bits per heavy atom. The van der Waals surface area contributed by atoms with Gasteiger partial charge in [-0.2, -0.15) is 0 Å². The average molecular weight is 351 g/mol. The summed E-state index contributed by atoms with van der Waals surface area (Å²) in [7, 11) is 1.36. The van der Waals surface area contributed by atoms with Crippen molar-refractivity contribution in [2.75, 3.05) is 7.11 Å². The fourth-order valence-electron chi connectivity index (χ4n) is 2.20. The van der Waals surface area contributed by atoms with Crippen molar-refractivity contribution in [2.45, 2.75) is 45.1 Å². The van der Waals surface area contributed by atoms with Crippen molar-refractivity contribution in [1.29, 1.82) is 0 Å². The third-order valence-corrected chi connectivity index (χ3v) is 3.22. The first-order valence-corrected chi connectivity index (χ1v) is 7.62. The second-order valence-electron chi connectivity index (χ2n) is 6.32. The van der Waals surface area contributed by atoms with Gasteiger partial charge in [0.05, 0.1) is 17.6 Å². The molecular weight excluding hydrogens is 330 g/mol. The number of Topliss-reactive ketones (excluding diaryl/α,β-unsaturated/α-hetero) is 1. The Hall–Kier alpha value is -2.77. The van der Waals surface area contributed by atoms with E-state index in [1.807, 2.05) is 0 Å². The van der Waals surface area contributed by atoms with Crippen molar-refractivity contribution in [2.24, 2.45) is 0 Å². The number of hydrogen-bond donors (Lipinski definition) is 0. The maximum Gasteiger partial charge on any atom is 0.321 e. The van der Waals surface area contributed by atoms with E-state index in [1.165, 1.54) is 25.3 Å². The van der Waals surface area contributed by atoms with Gasteiger partial charge in [-0.25, -0.2) is 0 Å². The highest BCUT2D eigenvalue weighted by Gasteiger charge is 2.37. The number of carbonyl (C=O) groups is 3. The van der Waals surface area contributed by atoms with E-state index in [1.54, 1.807) is 20.8 Å². The van der Waals surface area contributed by atoms with Crippen LogP contribution in [0.25, 0.3) is 0 Å². The molecule has 8 nitrogen and oxygen atoms in total. The van der Waals surface area contributed by atoms with Crippen LogP contribution in [0, 0.1) is 10.1 Å². The van der Waals surface area contributed by atoms with E-state index in [4.69, 9.17) is 9.47 Å². The van der Waals surface area contributed by atoms with Crippen molar-refractivity contribution >= 4 is 23.7 Å². The van der Waals surface area contributed by atoms with Crippen molar-refractivity contribution < 1.29 is 28.8 Å². The summed E-state index contributed by atoms with van der Waals surface area (Å²) in [5.41, 5.74) is -1.39. The minimum atomic E-state index is -1.50. The van der Waals surface area contributed by atoms with E-state index in [-0.39, 0.29) is 24.2 Å².